The number of carbonyl (C=O) groups excluding carboxylic acids is 1. The Bertz CT molecular complexity index is 408. The molecule has 0 unspecified atom stereocenters. The maximum atomic E-state index is 12.0. The van der Waals surface area contributed by atoms with Crippen LogP contribution in [0.4, 0.5) is 0 Å². The molecule has 1 amide bonds. The van der Waals surface area contributed by atoms with Crippen molar-refractivity contribution in [1.29, 1.82) is 0 Å². The smallest absolute Gasteiger partial charge is 0.287 e. The van der Waals surface area contributed by atoms with E-state index < -0.39 is 0 Å². The van der Waals surface area contributed by atoms with Crippen LogP contribution in [-0.2, 0) is 6.42 Å². The molecule has 1 aliphatic rings. The summed E-state index contributed by atoms with van der Waals surface area (Å²) in [6, 6.07) is 3.62. The summed E-state index contributed by atoms with van der Waals surface area (Å²) in [4.78, 5) is 12.0. The van der Waals surface area contributed by atoms with E-state index in [4.69, 9.17) is 4.42 Å². The molecule has 2 rings (SSSR count). The predicted octanol–water partition coefficient (Wildman–Crippen LogP) is 3.53. The Balaban J connectivity index is 1.91. The number of alkyl halides is 1. The summed E-state index contributed by atoms with van der Waals surface area (Å²) in [7, 11) is 0. The third-order valence-electron chi connectivity index (χ3n) is 3.81. The van der Waals surface area contributed by atoms with E-state index in [-0.39, 0.29) is 11.3 Å². The van der Waals surface area contributed by atoms with Crippen LogP contribution in [0.1, 0.15) is 48.9 Å². The quantitative estimate of drug-likeness (QED) is 0.845. The number of hydrogen-bond donors (Lipinski definition) is 1. The Morgan fingerprint density at radius 1 is 1.44 bits per heavy atom. The number of rotatable bonds is 5. The lowest BCUT2D eigenvalue weighted by atomic mass is 9.89. The minimum Gasteiger partial charge on any atom is -0.456 e. The first-order valence-electron chi connectivity index (χ1n) is 6.62. The Labute approximate surface area is 116 Å². The molecule has 0 radical (unpaired) electrons. The molecule has 0 bridgehead atoms. The molecular weight excluding hydrogens is 294 g/mol. The molecule has 1 aliphatic carbocycles. The molecule has 1 aromatic rings. The number of amides is 1. The number of halogens is 1. The van der Waals surface area contributed by atoms with Gasteiger partial charge in [0.25, 0.3) is 5.91 Å². The van der Waals surface area contributed by atoms with Crippen molar-refractivity contribution in [3.63, 3.8) is 0 Å². The summed E-state index contributed by atoms with van der Waals surface area (Å²) < 4.78 is 5.45. The molecule has 1 fully saturated rings. The van der Waals surface area contributed by atoms with Crippen LogP contribution in [0.2, 0.25) is 0 Å². The van der Waals surface area contributed by atoms with Crippen molar-refractivity contribution in [2.75, 3.05) is 11.9 Å². The molecule has 18 heavy (non-hydrogen) atoms. The molecule has 3 nitrogen and oxygen atoms in total. The molecule has 0 aliphatic heterocycles. The summed E-state index contributed by atoms with van der Waals surface area (Å²) >= 11 is 3.58. The van der Waals surface area contributed by atoms with E-state index in [0.717, 1.165) is 24.1 Å². The zero-order chi connectivity index (χ0) is 13.0. The Morgan fingerprint density at radius 3 is 2.72 bits per heavy atom. The minimum atomic E-state index is -0.0954. The molecule has 1 heterocycles. The van der Waals surface area contributed by atoms with Crippen molar-refractivity contribution in [2.24, 2.45) is 5.41 Å². The standard InChI is InChI=1S/C14H20BrNO2/c1-2-11-5-6-12(18-11)13(17)16-10-14(9-15)7-3-4-8-14/h5-6H,2-4,7-10H2,1H3,(H,16,17). The fourth-order valence-corrected chi connectivity index (χ4v) is 3.29. The number of nitrogens with one attached hydrogen (secondary N) is 1. The van der Waals surface area contributed by atoms with Gasteiger partial charge in [-0.2, -0.15) is 0 Å². The van der Waals surface area contributed by atoms with Gasteiger partial charge in [0.15, 0.2) is 5.76 Å². The van der Waals surface area contributed by atoms with Gasteiger partial charge in [-0.15, -0.1) is 0 Å². The number of furan rings is 1. The highest BCUT2D eigenvalue weighted by Crippen LogP contribution is 2.38. The molecule has 0 atom stereocenters. The monoisotopic (exact) mass is 313 g/mol. The molecule has 1 aromatic heterocycles. The van der Waals surface area contributed by atoms with Crippen molar-refractivity contribution in [1.82, 2.24) is 5.32 Å². The van der Waals surface area contributed by atoms with E-state index in [1.807, 2.05) is 13.0 Å². The highest BCUT2D eigenvalue weighted by atomic mass is 79.9. The first-order chi connectivity index (χ1) is 8.69. The summed E-state index contributed by atoms with van der Waals surface area (Å²) in [5.41, 5.74) is 0.246. The van der Waals surface area contributed by atoms with Gasteiger partial charge in [0.2, 0.25) is 0 Å². The molecule has 100 valence electrons. The fraction of sp³-hybridized carbons (Fsp3) is 0.643. The van der Waals surface area contributed by atoms with Gasteiger partial charge in [-0.1, -0.05) is 35.7 Å². The lowest BCUT2D eigenvalue weighted by molar-refractivity contribution is 0.0906. The van der Waals surface area contributed by atoms with E-state index in [1.165, 1.54) is 25.7 Å². The zero-order valence-corrected chi connectivity index (χ0v) is 12.4. The molecule has 1 N–H and O–H groups in total. The van der Waals surface area contributed by atoms with Crippen molar-refractivity contribution < 1.29 is 9.21 Å². The first kappa shape index (κ1) is 13.7. The lowest BCUT2D eigenvalue weighted by Crippen LogP contribution is -2.36. The van der Waals surface area contributed by atoms with Crippen molar-refractivity contribution >= 4 is 21.8 Å². The zero-order valence-electron chi connectivity index (χ0n) is 10.8. The Morgan fingerprint density at radius 2 is 2.17 bits per heavy atom. The summed E-state index contributed by atoms with van der Waals surface area (Å²) in [5.74, 6) is 1.19. The van der Waals surface area contributed by atoms with Crippen LogP contribution >= 0.6 is 15.9 Å². The van der Waals surface area contributed by atoms with Crippen molar-refractivity contribution in [2.45, 2.75) is 39.0 Å². The Kier molecular flexibility index (Phi) is 4.49. The van der Waals surface area contributed by atoms with Gasteiger partial charge < -0.3 is 9.73 Å². The third-order valence-corrected chi connectivity index (χ3v) is 5.00. The van der Waals surface area contributed by atoms with Crippen molar-refractivity contribution in [3.05, 3.63) is 23.7 Å². The maximum absolute atomic E-state index is 12.0. The molecule has 0 saturated heterocycles. The predicted molar refractivity (Wildman–Crippen MR) is 75.1 cm³/mol. The van der Waals surface area contributed by atoms with E-state index in [0.29, 0.717) is 5.76 Å². The Hall–Kier alpha value is -0.770. The number of carbonyl (C=O) groups is 1. The number of aryl methyl sites for hydroxylation is 1. The minimum absolute atomic E-state index is 0.0954. The van der Waals surface area contributed by atoms with Gasteiger partial charge in [-0.25, -0.2) is 0 Å². The van der Waals surface area contributed by atoms with Gasteiger partial charge in [-0.05, 0) is 30.4 Å². The van der Waals surface area contributed by atoms with Crippen LogP contribution in [0, 0.1) is 5.41 Å². The van der Waals surface area contributed by atoms with Crippen LogP contribution in [-0.4, -0.2) is 17.8 Å². The molecule has 0 spiro atoms. The maximum Gasteiger partial charge on any atom is 0.287 e. The summed E-state index contributed by atoms with van der Waals surface area (Å²) in [6.45, 7) is 2.75. The number of hydrogen-bond acceptors (Lipinski definition) is 2. The lowest BCUT2D eigenvalue weighted by Gasteiger charge is -2.26. The highest BCUT2D eigenvalue weighted by molar-refractivity contribution is 9.09. The molecular formula is C14H20BrNO2. The van der Waals surface area contributed by atoms with Crippen LogP contribution < -0.4 is 5.32 Å². The SMILES string of the molecule is CCc1ccc(C(=O)NCC2(CBr)CCCC2)o1. The van der Waals surface area contributed by atoms with Gasteiger partial charge in [-0.3, -0.25) is 4.79 Å². The third kappa shape index (κ3) is 2.97. The van der Waals surface area contributed by atoms with Gasteiger partial charge in [0.1, 0.15) is 5.76 Å². The molecule has 4 heteroatoms. The second-order valence-electron chi connectivity index (χ2n) is 5.14. The van der Waals surface area contributed by atoms with E-state index >= 15 is 0 Å². The largest absolute Gasteiger partial charge is 0.456 e. The van der Waals surface area contributed by atoms with Crippen LogP contribution in [0.5, 0.6) is 0 Å². The highest BCUT2D eigenvalue weighted by Gasteiger charge is 2.33. The average molecular weight is 314 g/mol. The fourth-order valence-electron chi connectivity index (χ4n) is 2.53. The molecule has 1 saturated carbocycles. The summed E-state index contributed by atoms with van der Waals surface area (Å²) in [5, 5.41) is 3.96. The molecule has 0 aromatic carbocycles. The van der Waals surface area contributed by atoms with Crippen molar-refractivity contribution in [3.8, 4) is 0 Å². The van der Waals surface area contributed by atoms with Gasteiger partial charge in [0, 0.05) is 18.3 Å². The first-order valence-corrected chi connectivity index (χ1v) is 7.74. The van der Waals surface area contributed by atoms with E-state index in [9.17, 15) is 4.79 Å². The topological polar surface area (TPSA) is 42.2 Å². The second-order valence-corrected chi connectivity index (χ2v) is 5.70. The van der Waals surface area contributed by atoms with Crippen LogP contribution in [0.15, 0.2) is 16.5 Å². The van der Waals surface area contributed by atoms with Crippen LogP contribution in [0.25, 0.3) is 0 Å². The normalized spacial score (nSPS) is 17.9. The summed E-state index contributed by atoms with van der Waals surface area (Å²) in [6.07, 6.45) is 5.73. The van der Waals surface area contributed by atoms with E-state index in [1.54, 1.807) is 6.07 Å². The van der Waals surface area contributed by atoms with Gasteiger partial charge >= 0.3 is 0 Å². The van der Waals surface area contributed by atoms with E-state index in [2.05, 4.69) is 21.2 Å². The van der Waals surface area contributed by atoms with Gasteiger partial charge in [0.05, 0.1) is 0 Å². The second kappa shape index (κ2) is 5.91. The average Bonchev–Trinajstić information content (AvgIpc) is 3.05. The van der Waals surface area contributed by atoms with Crippen LogP contribution in [0.3, 0.4) is 0 Å².